The van der Waals surface area contributed by atoms with Gasteiger partial charge in [0, 0.05) is 11.7 Å². The van der Waals surface area contributed by atoms with Crippen molar-refractivity contribution in [3.8, 4) is 0 Å². The van der Waals surface area contributed by atoms with E-state index in [-0.39, 0.29) is 11.4 Å². The maximum atomic E-state index is 13.1. The number of halogens is 1. The van der Waals surface area contributed by atoms with Gasteiger partial charge in [-0.3, -0.25) is 4.98 Å². The number of nitrogens with one attached hydrogen (secondary N) is 1. The van der Waals surface area contributed by atoms with Crippen LogP contribution in [0, 0.1) is 5.82 Å². The van der Waals surface area contributed by atoms with E-state index in [9.17, 15) is 4.39 Å². The van der Waals surface area contributed by atoms with Crippen molar-refractivity contribution < 1.29 is 4.39 Å². The molecular formula is C12H17FN2. The molecule has 3 heteroatoms. The van der Waals surface area contributed by atoms with Crippen molar-refractivity contribution in [2.45, 2.75) is 38.1 Å². The highest BCUT2D eigenvalue weighted by atomic mass is 19.1. The van der Waals surface area contributed by atoms with Crippen molar-refractivity contribution in [3.05, 3.63) is 29.8 Å². The molecule has 0 spiro atoms. The molecule has 0 amide bonds. The predicted octanol–water partition coefficient (Wildman–Crippen LogP) is 2.60. The highest BCUT2D eigenvalue weighted by Gasteiger charge is 2.34. The van der Waals surface area contributed by atoms with Gasteiger partial charge in [0.2, 0.25) is 0 Å². The monoisotopic (exact) mass is 208 g/mol. The average molecular weight is 208 g/mol. The third-order valence-electron chi connectivity index (χ3n) is 3.18. The summed E-state index contributed by atoms with van der Waals surface area (Å²) in [5.74, 6) is -0.239. The Labute approximate surface area is 89.9 Å². The first-order valence-corrected chi connectivity index (χ1v) is 5.63. The lowest BCUT2D eigenvalue weighted by molar-refractivity contribution is 0.353. The van der Waals surface area contributed by atoms with Crippen LogP contribution in [0.25, 0.3) is 0 Å². The van der Waals surface area contributed by atoms with E-state index in [1.807, 2.05) is 0 Å². The van der Waals surface area contributed by atoms with Crippen molar-refractivity contribution in [1.82, 2.24) is 10.3 Å². The quantitative estimate of drug-likeness (QED) is 0.826. The van der Waals surface area contributed by atoms with Gasteiger partial charge in [-0.2, -0.15) is 0 Å². The molecule has 0 aliphatic carbocycles. The number of pyridine rings is 1. The Morgan fingerprint density at radius 3 is 3.00 bits per heavy atom. The van der Waals surface area contributed by atoms with Gasteiger partial charge >= 0.3 is 0 Å². The van der Waals surface area contributed by atoms with Crippen molar-refractivity contribution in [2.75, 3.05) is 6.54 Å². The van der Waals surface area contributed by atoms with Crippen molar-refractivity contribution in [1.29, 1.82) is 0 Å². The van der Waals surface area contributed by atoms with E-state index < -0.39 is 0 Å². The number of hydrogen-bond acceptors (Lipinski definition) is 2. The van der Waals surface area contributed by atoms with Crippen LogP contribution in [0.15, 0.2) is 18.5 Å². The second-order valence-electron chi connectivity index (χ2n) is 4.25. The summed E-state index contributed by atoms with van der Waals surface area (Å²) < 4.78 is 13.1. The molecule has 1 unspecified atom stereocenters. The highest BCUT2D eigenvalue weighted by Crippen LogP contribution is 2.34. The van der Waals surface area contributed by atoms with Crippen LogP contribution in [0.2, 0.25) is 0 Å². The van der Waals surface area contributed by atoms with Crippen LogP contribution in [-0.4, -0.2) is 11.5 Å². The Morgan fingerprint density at radius 1 is 1.53 bits per heavy atom. The molecule has 2 nitrogen and oxygen atoms in total. The second kappa shape index (κ2) is 4.27. The Balaban J connectivity index is 2.31. The summed E-state index contributed by atoms with van der Waals surface area (Å²) in [5, 5.41) is 3.51. The van der Waals surface area contributed by atoms with Crippen LogP contribution in [0.5, 0.6) is 0 Å². The second-order valence-corrected chi connectivity index (χ2v) is 4.25. The van der Waals surface area contributed by atoms with Gasteiger partial charge in [-0.05, 0) is 37.4 Å². The normalized spacial score (nSPS) is 25.7. The predicted molar refractivity (Wildman–Crippen MR) is 58.0 cm³/mol. The van der Waals surface area contributed by atoms with Gasteiger partial charge in [-0.15, -0.1) is 0 Å². The van der Waals surface area contributed by atoms with E-state index >= 15 is 0 Å². The summed E-state index contributed by atoms with van der Waals surface area (Å²) in [6, 6.07) is 1.61. The summed E-state index contributed by atoms with van der Waals surface area (Å²) in [7, 11) is 0. The van der Waals surface area contributed by atoms with E-state index in [0.717, 1.165) is 37.8 Å². The van der Waals surface area contributed by atoms with Gasteiger partial charge in [0.05, 0.1) is 6.20 Å². The molecule has 2 heterocycles. The average Bonchev–Trinajstić information content (AvgIpc) is 2.68. The topological polar surface area (TPSA) is 24.9 Å². The van der Waals surface area contributed by atoms with Crippen molar-refractivity contribution in [2.24, 2.45) is 0 Å². The van der Waals surface area contributed by atoms with Crippen LogP contribution in [-0.2, 0) is 5.54 Å². The van der Waals surface area contributed by atoms with E-state index in [1.165, 1.54) is 6.20 Å². The first-order valence-electron chi connectivity index (χ1n) is 5.63. The molecule has 0 aromatic carbocycles. The van der Waals surface area contributed by atoms with Crippen LogP contribution < -0.4 is 5.32 Å². The molecule has 15 heavy (non-hydrogen) atoms. The zero-order valence-electron chi connectivity index (χ0n) is 9.09. The molecule has 1 saturated heterocycles. The molecule has 0 saturated carbocycles. The smallest absolute Gasteiger partial charge is 0.141 e. The Bertz CT molecular complexity index is 332. The first-order chi connectivity index (χ1) is 7.27. The zero-order chi connectivity index (χ0) is 10.7. The molecular weight excluding hydrogens is 191 g/mol. The van der Waals surface area contributed by atoms with Gasteiger partial charge in [0.1, 0.15) is 5.82 Å². The molecule has 1 aliphatic heterocycles. The standard InChI is InChI=1S/C12H17FN2/c1-2-4-12(5-3-6-15-12)10-7-11(13)9-14-8-10/h7-9,15H,2-6H2,1H3. The van der Waals surface area contributed by atoms with Gasteiger partial charge < -0.3 is 5.32 Å². The third kappa shape index (κ3) is 2.02. The van der Waals surface area contributed by atoms with Gasteiger partial charge in [-0.1, -0.05) is 13.3 Å². The van der Waals surface area contributed by atoms with Gasteiger partial charge in [-0.25, -0.2) is 4.39 Å². The van der Waals surface area contributed by atoms with Crippen molar-refractivity contribution >= 4 is 0 Å². The largest absolute Gasteiger partial charge is 0.307 e. The molecule has 1 atom stereocenters. The zero-order valence-corrected chi connectivity index (χ0v) is 9.09. The lowest BCUT2D eigenvalue weighted by Crippen LogP contribution is -2.36. The molecule has 1 aromatic rings. The SMILES string of the molecule is CCCC1(c2cncc(F)c2)CCCN1. The van der Waals surface area contributed by atoms with E-state index in [1.54, 1.807) is 12.3 Å². The van der Waals surface area contributed by atoms with E-state index in [0.29, 0.717) is 0 Å². The molecule has 2 rings (SSSR count). The molecule has 82 valence electrons. The molecule has 1 aromatic heterocycles. The van der Waals surface area contributed by atoms with E-state index in [2.05, 4.69) is 17.2 Å². The minimum atomic E-state index is -0.239. The Hall–Kier alpha value is -0.960. The molecule has 1 N–H and O–H groups in total. The summed E-state index contributed by atoms with van der Waals surface area (Å²) in [6.45, 7) is 3.19. The highest BCUT2D eigenvalue weighted by molar-refractivity contribution is 5.23. The summed E-state index contributed by atoms with van der Waals surface area (Å²) in [6.07, 6.45) is 7.46. The van der Waals surface area contributed by atoms with Gasteiger partial charge in [0.25, 0.3) is 0 Å². The fourth-order valence-corrected chi connectivity index (χ4v) is 2.51. The van der Waals surface area contributed by atoms with Crippen LogP contribution in [0.3, 0.4) is 0 Å². The summed E-state index contributed by atoms with van der Waals surface area (Å²) in [5.41, 5.74) is 0.978. The summed E-state index contributed by atoms with van der Waals surface area (Å²) in [4.78, 5) is 3.94. The minimum absolute atomic E-state index is 0.0240. The Morgan fingerprint density at radius 2 is 2.40 bits per heavy atom. The number of aromatic nitrogens is 1. The van der Waals surface area contributed by atoms with Crippen LogP contribution in [0.4, 0.5) is 4.39 Å². The van der Waals surface area contributed by atoms with Crippen LogP contribution in [0.1, 0.15) is 38.2 Å². The molecule has 0 bridgehead atoms. The van der Waals surface area contributed by atoms with Crippen molar-refractivity contribution in [3.63, 3.8) is 0 Å². The number of rotatable bonds is 3. The molecule has 1 fully saturated rings. The van der Waals surface area contributed by atoms with Crippen LogP contribution >= 0.6 is 0 Å². The fourth-order valence-electron chi connectivity index (χ4n) is 2.51. The number of nitrogens with zero attached hydrogens (tertiary/aromatic N) is 1. The minimum Gasteiger partial charge on any atom is -0.307 e. The van der Waals surface area contributed by atoms with E-state index in [4.69, 9.17) is 0 Å². The first kappa shape index (κ1) is 10.6. The molecule has 0 radical (unpaired) electrons. The lowest BCUT2D eigenvalue weighted by Gasteiger charge is -2.29. The molecule has 1 aliphatic rings. The fraction of sp³-hybridized carbons (Fsp3) is 0.583. The summed E-state index contributed by atoms with van der Waals surface area (Å²) >= 11 is 0. The maximum absolute atomic E-state index is 13.1. The lowest BCUT2D eigenvalue weighted by atomic mass is 9.85. The number of hydrogen-bond donors (Lipinski definition) is 1. The maximum Gasteiger partial charge on any atom is 0.141 e. The third-order valence-corrected chi connectivity index (χ3v) is 3.18. The Kier molecular flexibility index (Phi) is 3.00. The van der Waals surface area contributed by atoms with Gasteiger partial charge in [0.15, 0.2) is 0 Å².